The molecule has 0 bridgehead atoms. The molecule has 3 heterocycles. The van der Waals surface area contributed by atoms with Crippen LogP contribution in [-0.4, -0.2) is 54.3 Å². The summed E-state index contributed by atoms with van der Waals surface area (Å²) in [4.78, 5) is 14.7. The van der Waals surface area contributed by atoms with Gasteiger partial charge in [-0.1, -0.05) is 29.8 Å². The second-order valence-corrected chi connectivity index (χ2v) is 7.44. The number of rotatable bonds is 5. The zero-order chi connectivity index (χ0) is 19.5. The molecule has 0 saturated carbocycles. The smallest absolute Gasteiger partial charge is 0.224 e. The van der Waals surface area contributed by atoms with Crippen molar-refractivity contribution in [1.29, 1.82) is 0 Å². The molecule has 1 fully saturated rings. The lowest BCUT2D eigenvalue weighted by atomic mass is 9.90. The molecule has 0 spiro atoms. The summed E-state index contributed by atoms with van der Waals surface area (Å²) in [6, 6.07) is 8.49. The van der Waals surface area contributed by atoms with E-state index < -0.39 is 0 Å². The number of H-pyrrole nitrogens is 1. The molecule has 3 aromatic rings. The Morgan fingerprint density at radius 3 is 2.82 bits per heavy atom. The van der Waals surface area contributed by atoms with Gasteiger partial charge in [-0.15, -0.1) is 5.10 Å². The Kier molecular flexibility index (Phi) is 5.18. The van der Waals surface area contributed by atoms with Gasteiger partial charge in [-0.25, -0.2) is 4.68 Å². The van der Waals surface area contributed by atoms with Gasteiger partial charge in [0, 0.05) is 36.7 Å². The molecule has 0 aliphatic carbocycles. The molecule has 28 heavy (non-hydrogen) atoms. The molecule has 1 aromatic carbocycles. The summed E-state index contributed by atoms with van der Waals surface area (Å²) in [6.07, 6.45) is 4.34. The van der Waals surface area contributed by atoms with Crippen LogP contribution in [-0.2, 0) is 11.3 Å². The number of carbonyl (C=O) groups is 1. The van der Waals surface area contributed by atoms with Gasteiger partial charge >= 0.3 is 0 Å². The predicted molar refractivity (Wildman–Crippen MR) is 104 cm³/mol. The molecule has 4 rings (SSSR count). The van der Waals surface area contributed by atoms with Gasteiger partial charge < -0.3 is 4.90 Å². The first-order valence-electron chi connectivity index (χ1n) is 9.72. The molecule has 2 aromatic heterocycles. The van der Waals surface area contributed by atoms with Gasteiger partial charge in [0.2, 0.25) is 5.91 Å². The Morgan fingerprint density at radius 2 is 2.07 bits per heavy atom. The molecular formula is C20H25N7O. The van der Waals surface area contributed by atoms with E-state index in [1.54, 1.807) is 4.68 Å². The largest absolute Gasteiger partial charge is 0.342 e. The SMILES string of the molecule is Cc1ccc(-c2cn[nH]c2[C@H]2CCCN(C(=O)CCn3nnnc3C)C2)cc1. The van der Waals surface area contributed by atoms with Crippen molar-refractivity contribution < 1.29 is 4.79 Å². The fourth-order valence-electron chi connectivity index (χ4n) is 3.83. The number of hydrogen-bond donors (Lipinski definition) is 1. The van der Waals surface area contributed by atoms with Crippen LogP contribution in [0, 0.1) is 13.8 Å². The highest BCUT2D eigenvalue weighted by atomic mass is 16.2. The van der Waals surface area contributed by atoms with Crippen LogP contribution in [0.15, 0.2) is 30.5 Å². The molecule has 8 heteroatoms. The second kappa shape index (κ2) is 7.92. The number of benzene rings is 1. The van der Waals surface area contributed by atoms with E-state index in [2.05, 4.69) is 56.9 Å². The first kappa shape index (κ1) is 18.3. The van der Waals surface area contributed by atoms with Crippen molar-refractivity contribution >= 4 is 5.91 Å². The summed E-state index contributed by atoms with van der Waals surface area (Å²) in [5, 5.41) is 18.9. The van der Waals surface area contributed by atoms with E-state index in [9.17, 15) is 4.79 Å². The molecule has 1 N–H and O–H groups in total. The highest BCUT2D eigenvalue weighted by Gasteiger charge is 2.27. The molecule has 0 radical (unpaired) electrons. The molecule has 146 valence electrons. The third-order valence-corrected chi connectivity index (χ3v) is 5.46. The maximum absolute atomic E-state index is 12.7. The summed E-state index contributed by atoms with van der Waals surface area (Å²) in [5.74, 6) is 1.15. The van der Waals surface area contributed by atoms with Gasteiger partial charge in [0.05, 0.1) is 12.7 Å². The standard InChI is InChI=1S/C20H25N7O/c1-14-5-7-16(8-6-14)18-12-21-23-20(18)17-4-3-10-26(13-17)19(28)9-11-27-15(2)22-24-25-27/h5-8,12,17H,3-4,9-11,13H2,1-2H3,(H,21,23)/t17-/m0/s1. The van der Waals surface area contributed by atoms with E-state index in [0.29, 0.717) is 19.5 Å². The number of carbonyl (C=O) groups excluding carboxylic acids is 1. The predicted octanol–water partition coefficient (Wildman–Crippen LogP) is 2.48. The van der Waals surface area contributed by atoms with Crippen LogP contribution in [0.2, 0.25) is 0 Å². The van der Waals surface area contributed by atoms with Crippen LogP contribution in [0.5, 0.6) is 0 Å². The van der Waals surface area contributed by atoms with Crippen molar-refractivity contribution in [2.75, 3.05) is 13.1 Å². The second-order valence-electron chi connectivity index (χ2n) is 7.44. The molecule has 1 amide bonds. The van der Waals surface area contributed by atoms with Crippen LogP contribution in [0.4, 0.5) is 0 Å². The minimum absolute atomic E-state index is 0.149. The van der Waals surface area contributed by atoms with Crippen molar-refractivity contribution in [3.05, 3.63) is 47.5 Å². The monoisotopic (exact) mass is 379 g/mol. The minimum atomic E-state index is 0.149. The van der Waals surface area contributed by atoms with E-state index in [1.807, 2.05) is 18.0 Å². The third kappa shape index (κ3) is 3.81. The number of aromatic nitrogens is 6. The topological polar surface area (TPSA) is 92.6 Å². The van der Waals surface area contributed by atoms with Gasteiger partial charge in [0.1, 0.15) is 5.82 Å². The highest BCUT2D eigenvalue weighted by Crippen LogP contribution is 2.33. The van der Waals surface area contributed by atoms with Crippen molar-refractivity contribution in [2.45, 2.75) is 45.6 Å². The summed E-state index contributed by atoms with van der Waals surface area (Å²) in [5.41, 5.74) is 4.65. The van der Waals surface area contributed by atoms with E-state index in [4.69, 9.17) is 0 Å². The van der Waals surface area contributed by atoms with Crippen molar-refractivity contribution in [2.24, 2.45) is 0 Å². The Labute approximate surface area is 163 Å². The van der Waals surface area contributed by atoms with Crippen LogP contribution in [0.1, 0.15) is 42.3 Å². The number of nitrogens with zero attached hydrogens (tertiary/aromatic N) is 6. The van der Waals surface area contributed by atoms with Crippen LogP contribution in [0.3, 0.4) is 0 Å². The number of piperidine rings is 1. The lowest BCUT2D eigenvalue weighted by Gasteiger charge is -2.33. The van der Waals surface area contributed by atoms with E-state index in [1.165, 1.54) is 5.56 Å². The molecular weight excluding hydrogens is 354 g/mol. The summed E-state index contributed by atoms with van der Waals surface area (Å²) in [7, 11) is 0. The van der Waals surface area contributed by atoms with E-state index in [-0.39, 0.29) is 11.8 Å². The Balaban J connectivity index is 1.44. The number of tetrazole rings is 1. The maximum atomic E-state index is 12.7. The van der Waals surface area contributed by atoms with E-state index in [0.717, 1.165) is 42.0 Å². The van der Waals surface area contributed by atoms with Crippen LogP contribution in [0.25, 0.3) is 11.1 Å². The van der Waals surface area contributed by atoms with Gasteiger partial charge in [-0.2, -0.15) is 5.10 Å². The Hall–Kier alpha value is -3.03. The number of nitrogens with one attached hydrogen (secondary N) is 1. The minimum Gasteiger partial charge on any atom is -0.342 e. The average molecular weight is 379 g/mol. The zero-order valence-electron chi connectivity index (χ0n) is 16.3. The van der Waals surface area contributed by atoms with Gasteiger partial charge in [0.25, 0.3) is 0 Å². The number of amides is 1. The lowest BCUT2D eigenvalue weighted by Crippen LogP contribution is -2.39. The fraction of sp³-hybridized carbons (Fsp3) is 0.450. The van der Waals surface area contributed by atoms with Gasteiger partial charge in [-0.3, -0.25) is 9.89 Å². The normalized spacial score (nSPS) is 17.1. The molecule has 8 nitrogen and oxygen atoms in total. The first-order chi connectivity index (χ1) is 13.6. The number of likely N-dealkylation sites (tertiary alicyclic amines) is 1. The molecule has 0 unspecified atom stereocenters. The number of aromatic amines is 1. The van der Waals surface area contributed by atoms with Crippen molar-refractivity contribution in [3.63, 3.8) is 0 Å². The molecule has 1 aliphatic rings. The van der Waals surface area contributed by atoms with Crippen LogP contribution >= 0.6 is 0 Å². The highest BCUT2D eigenvalue weighted by molar-refractivity contribution is 5.76. The molecule has 1 saturated heterocycles. The van der Waals surface area contributed by atoms with Crippen molar-refractivity contribution in [3.8, 4) is 11.1 Å². The molecule has 1 aliphatic heterocycles. The van der Waals surface area contributed by atoms with Crippen molar-refractivity contribution in [1.82, 2.24) is 35.3 Å². The Bertz CT molecular complexity index is 944. The third-order valence-electron chi connectivity index (χ3n) is 5.46. The fourth-order valence-corrected chi connectivity index (χ4v) is 3.83. The number of hydrogen-bond acceptors (Lipinski definition) is 5. The zero-order valence-corrected chi connectivity index (χ0v) is 16.3. The van der Waals surface area contributed by atoms with Gasteiger partial charge in [-0.05, 0) is 42.7 Å². The lowest BCUT2D eigenvalue weighted by molar-refractivity contribution is -0.132. The Morgan fingerprint density at radius 1 is 1.25 bits per heavy atom. The molecule has 1 atom stereocenters. The summed E-state index contributed by atoms with van der Waals surface area (Å²) >= 11 is 0. The number of aryl methyl sites for hydroxylation is 3. The quantitative estimate of drug-likeness (QED) is 0.735. The summed E-state index contributed by atoms with van der Waals surface area (Å²) < 4.78 is 1.67. The summed E-state index contributed by atoms with van der Waals surface area (Å²) in [6.45, 7) is 5.96. The first-order valence-corrected chi connectivity index (χ1v) is 9.72. The van der Waals surface area contributed by atoms with E-state index >= 15 is 0 Å². The van der Waals surface area contributed by atoms with Gasteiger partial charge in [0.15, 0.2) is 0 Å². The van der Waals surface area contributed by atoms with Crippen LogP contribution < -0.4 is 0 Å². The maximum Gasteiger partial charge on any atom is 0.224 e. The average Bonchev–Trinajstić information content (AvgIpc) is 3.36.